The molecule has 0 spiro atoms. The number of hydrogen-bond donors (Lipinski definition) is 1. The number of unbranched alkanes of at least 4 members (excludes halogenated alkanes) is 1. The Hall–Kier alpha value is -0.830. The van der Waals surface area contributed by atoms with Crippen LogP contribution in [0.3, 0.4) is 0 Å². The SMILES string of the molecule is CCCCC(CC)NCc1cn(C)nc1C. The zero-order chi connectivity index (χ0) is 12.0. The van der Waals surface area contributed by atoms with E-state index in [2.05, 4.69) is 37.4 Å². The van der Waals surface area contributed by atoms with Gasteiger partial charge in [0.05, 0.1) is 5.69 Å². The molecule has 0 aliphatic heterocycles. The van der Waals surface area contributed by atoms with E-state index in [4.69, 9.17) is 0 Å². The molecule has 0 saturated carbocycles. The highest BCUT2D eigenvalue weighted by molar-refractivity contribution is 5.14. The molecule has 1 rings (SSSR count). The second-order valence-corrected chi connectivity index (χ2v) is 4.54. The lowest BCUT2D eigenvalue weighted by molar-refractivity contribution is 0.451. The van der Waals surface area contributed by atoms with E-state index < -0.39 is 0 Å². The van der Waals surface area contributed by atoms with Gasteiger partial charge in [0.25, 0.3) is 0 Å². The first-order chi connectivity index (χ1) is 7.67. The molecular formula is C13H25N3. The van der Waals surface area contributed by atoms with Gasteiger partial charge in [-0.25, -0.2) is 0 Å². The maximum Gasteiger partial charge on any atom is 0.0638 e. The Morgan fingerprint density at radius 3 is 2.69 bits per heavy atom. The summed E-state index contributed by atoms with van der Waals surface area (Å²) in [5.74, 6) is 0. The van der Waals surface area contributed by atoms with Crippen molar-refractivity contribution in [2.24, 2.45) is 7.05 Å². The van der Waals surface area contributed by atoms with Gasteiger partial charge in [-0.05, 0) is 19.8 Å². The monoisotopic (exact) mass is 223 g/mol. The van der Waals surface area contributed by atoms with E-state index in [1.165, 1.54) is 31.2 Å². The first kappa shape index (κ1) is 13.2. The van der Waals surface area contributed by atoms with E-state index >= 15 is 0 Å². The molecule has 1 atom stereocenters. The number of rotatable bonds is 7. The Labute approximate surface area is 99.2 Å². The van der Waals surface area contributed by atoms with Crippen LogP contribution in [0.1, 0.15) is 50.8 Å². The molecule has 0 saturated heterocycles. The van der Waals surface area contributed by atoms with Crippen LogP contribution in [0.4, 0.5) is 0 Å². The fourth-order valence-corrected chi connectivity index (χ4v) is 1.98. The molecular weight excluding hydrogens is 198 g/mol. The van der Waals surface area contributed by atoms with Crippen molar-refractivity contribution >= 4 is 0 Å². The highest BCUT2D eigenvalue weighted by Crippen LogP contribution is 2.08. The minimum atomic E-state index is 0.652. The van der Waals surface area contributed by atoms with Gasteiger partial charge in [0, 0.05) is 31.4 Å². The predicted octanol–water partition coefficient (Wildman–Crippen LogP) is 2.79. The first-order valence-electron chi connectivity index (χ1n) is 6.39. The van der Waals surface area contributed by atoms with Crippen molar-refractivity contribution in [1.82, 2.24) is 15.1 Å². The van der Waals surface area contributed by atoms with Gasteiger partial charge in [-0.15, -0.1) is 0 Å². The van der Waals surface area contributed by atoms with Crippen molar-refractivity contribution in [2.45, 2.75) is 59.0 Å². The molecule has 92 valence electrons. The molecule has 16 heavy (non-hydrogen) atoms. The van der Waals surface area contributed by atoms with Gasteiger partial charge in [0.15, 0.2) is 0 Å². The number of hydrogen-bond acceptors (Lipinski definition) is 2. The van der Waals surface area contributed by atoms with Crippen molar-refractivity contribution < 1.29 is 0 Å². The van der Waals surface area contributed by atoms with Gasteiger partial charge >= 0.3 is 0 Å². The Kier molecular flexibility index (Phi) is 5.53. The normalized spacial score (nSPS) is 13.0. The van der Waals surface area contributed by atoms with E-state index in [-0.39, 0.29) is 0 Å². The van der Waals surface area contributed by atoms with Crippen LogP contribution in [0.5, 0.6) is 0 Å². The topological polar surface area (TPSA) is 29.9 Å². The minimum absolute atomic E-state index is 0.652. The van der Waals surface area contributed by atoms with Crippen LogP contribution in [0.2, 0.25) is 0 Å². The molecule has 3 nitrogen and oxygen atoms in total. The third kappa shape index (κ3) is 3.97. The third-order valence-electron chi connectivity index (χ3n) is 3.10. The highest BCUT2D eigenvalue weighted by atomic mass is 15.2. The van der Waals surface area contributed by atoms with E-state index in [1.807, 2.05) is 11.7 Å². The minimum Gasteiger partial charge on any atom is -0.310 e. The fraction of sp³-hybridized carbons (Fsp3) is 0.769. The van der Waals surface area contributed by atoms with Gasteiger partial charge in [0.1, 0.15) is 0 Å². The summed E-state index contributed by atoms with van der Waals surface area (Å²) >= 11 is 0. The molecule has 1 heterocycles. The van der Waals surface area contributed by atoms with Crippen LogP contribution in [0.15, 0.2) is 6.20 Å². The van der Waals surface area contributed by atoms with E-state index in [9.17, 15) is 0 Å². The van der Waals surface area contributed by atoms with Crippen LogP contribution < -0.4 is 5.32 Å². The van der Waals surface area contributed by atoms with Crippen LogP contribution in [-0.2, 0) is 13.6 Å². The maximum atomic E-state index is 4.35. The lowest BCUT2D eigenvalue weighted by Gasteiger charge is -2.16. The molecule has 1 unspecified atom stereocenters. The second-order valence-electron chi connectivity index (χ2n) is 4.54. The summed E-state index contributed by atoms with van der Waals surface area (Å²) in [4.78, 5) is 0. The molecule has 1 aromatic rings. The molecule has 0 aromatic carbocycles. The quantitative estimate of drug-likeness (QED) is 0.770. The summed E-state index contributed by atoms with van der Waals surface area (Å²) in [6, 6.07) is 0.652. The number of nitrogens with zero attached hydrogens (tertiary/aromatic N) is 2. The summed E-state index contributed by atoms with van der Waals surface area (Å²) in [5, 5.41) is 7.98. The van der Waals surface area contributed by atoms with Crippen molar-refractivity contribution in [3.8, 4) is 0 Å². The number of aryl methyl sites for hydroxylation is 2. The molecule has 0 aliphatic carbocycles. The summed E-state index contributed by atoms with van der Waals surface area (Å²) in [6.07, 6.45) is 7.20. The molecule has 1 aromatic heterocycles. The molecule has 0 fully saturated rings. The highest BCUT2D eigenvalue weighted by Gasteiger charge is 2.07. The van der Waals surface area contributed by atoms with Crippen molar-refractivity contribution in [1.29, 1.82) is 0 Å². The van der Waals surface area contributed by atoms with E-state index in [1.54, 1.807) is 0 Å². The van der Waals surface area contributed by atoms with Crippen LogP contribution in [-0.4, -0.2) is 15.8 Å². The van der Waals surface area contributed by atoms with Crippen molar-refractivity contribution in [3.05, 3.63) is 17.5 Å². The van der Waals surface area contributed by atoms with Crippen molar-refractivity contribution in [3.63, 3.8) is 0 Å². The standard InChI is InChI=1S/C13H25N3/c1-5-7-8-13(6-2)14-9-12-10-16(4)15-11(12)3/h10,13-14H,5-9H2,1-4H3. The van der Waals surface area contributed by atoms with Gasteiger partial charge in [-0.3, -0.25) is 4.68 Å². The Bertz CT molecular complexity index is 304. The summed E-state index contributed by atoms with van der Waals surface area (Å²) in [6.45, 7) is 7.52. The van der Waals surface area contributed by atoms with Gasteiger partial charge in [-0.1, -0.05) is 26.7 Å². The summed E-state index contributed by atoms with van der Waals surface area (Å²) < 4.78 is 1.89. The lowest BCUT2D eigenvalue weighted by atomic mass is 10.1. The number of aromatic nitrogens is 2. The smallest absolute Gasteiger partial charge is 0.0638 e. The van der Waals surface area contributed by atoms with Crippen LogP contribution in [0, 0.1) is 6.92 Å². The second kappa shape index (κ2) is 6.69. The predicted molar refractivity (Wildman–Crippen MR) is 68.4 cm³/mol. The lowest BCUT2D eigenvalue weighted by Crippen LogP contribution is -2.27. The first-order valence-corrected chi connectivity index (χ1v) is 6.39. The zero-order valence-electron chi connectivity index (χ0n) is 11.1. The van der Waals surface area contributed by atoms with Gasteiger partial charge in [0.2, 0.25) is 0 Å². The maximum absolute atomic E-state index is 4.35. The zero-order valence-corrected chi connectivity index (χ0v) is 11.1. The molecule has 1 N–H and O–H groups in total. The van der Waals surface area contributed by atoms with E-state index in [0.717, 1.165) is 12.2 Å². The van der Waals surface area contributed by atoms with Gasteiger partial charge in [-0.2, -0.15) is 5.10 Å². The average molecular weight is 223 g/mol. The Balaban J connectivity index is 2.39. The molecule has 0 aliphatic rings. The Morgan fingerprint density at radius 1 is 1.44 bits per heavy atom. The average Bonchev–Trinajstić information content (AvgIpc) is 2.58. The van der Waals surface area contributed by atoms with Crippen LogP contribution in [0.25, 0.3) is 0 Å². The van der Waals surface area contributed by atoms with E-state index in [0.29, 0.717) is 6.04 Å². The molecule has 0 amide bonds. The summed E-state index contributed by atoms with van der Waals surface area (Å²) in [5.41, 5.74) is 2.46. The summed E-state index contributed by atoms with van der Waals surface area (Å²) in [7, 11) is 1.98. The Morgan fingerprint density at radius 2 is 2.19 bits per heavy atom. The largest absolute Gasteiger partial charge is 0.310 e. The molecule has 3 heteroatoms. The molecule has 0 radical (unpaired) electrons. The van der Waals surface area contributed by atoms with Crippen molar-refractivity contribution in [2.75, 3.05) is 0 Å². The number of nitrogens with one attached hydrogen (secondary N) is 1. The van der Waals surface area contributed by atoms with Crippen LogP contribution >= 0.6 is 0 Å². The fourth-order valence-electron chi connectivity index (χ4n) is 1.98. The third-order valence-corrected chi connectivity index (χ3v) is 3.10. The molecule has 0 bridgehead atoms. The van der Waals surface area contributed by atoms with Gasteiger partial charge < -0.3 is 5.32 Å².